The van der Waals surface area contributed by atoms with Crippen LogP contribution in [0.5, 0.6) is 0 Å². The lowest BCUT2D eigenvalue weighted by Gasteiger charge is -2.04. The molecule has 0 bridgehead atoms. The lowest BCUT2D eigenvalue weighted by atomic mass is 10.0. The van der Waals surface area contributed by atoms with Crippen molar-refractivity contribution in [2.45, 2.75) is 180 Å². The topological polar surface area (TPSA) is 0 Å². The summed E-state index contributed by atoms with van der Waals surface area (Å²) in [6.45, 7) is 2.30. The second kappa shape index (κ2) is 26.8. The molecule has 197 valence electrons. The fourth-order valence-corrected chi connectivity index (χ4v) is 5.22. The molecule has 0 aliphatic heterocycles. The molecule has 1 aromatic carbocycles. The predicted molar refractivity (Wildman–Crippen MR) is 155 cm³/mol. The van der Waals surface area contributed by atoms with Crippen molar-refractivity contribution in [1.82, 2.24) is 0 Å². The van der Waals surface area contributed by atoms with Crippen molar-refractivity contribution in [2.24, 2.45) is 0 Å². The van der Waals surface area contributed by atoms with Gasteiger partial charge >= 0.3 is 0 Å². The van der Waals surface area contributed by atoms with Crippen LogP contribution in [-0.2, 0) is 6.42 Å². The third kappa shape index (κ3) is 23.0. The quantitative estimate of drug-likeness (QED) is 0.112. The van der Waals surface area contributed by atoms with Crippen molar-refractivity contribution in [2.75, 3.05) is 0 Å². The minimum Gasteiger partial charge on any atom is -0.0654 e. The molecule has 0 heterocycles. The summed E-state index contributed by atoms with van der Waals surface area (Å²) in [6, 6.07) is 11.8. The maximum atomic E-state index is 3.34. The third-order valence-corrected chi connectivity index (χ3v) is 7.57. The van der Waals surface area contributed by atoms with Gasteiger partial charge in [0.25, 0.3) is 0 Å². The molecule has 1 radical (unpaired) electrons. The Morgan fingerprint density at radius 2 is 0.735 bits per heavy atom. The Morgan fingerprint density at radius 3 is 1.03 bits per heavy atom. The number of benzene rings is 1. The van der Waals surface area contributed by atoms with E-state index >= 15 is 0 Å². The summed E-state index contributed by atoms with van der Waals surface area (Å²) in [5.74, 6) is 0. The molecule has 0 atom stereocenters. The van der Waals surface area contributed by atoms with Gasteiger partial charge in [-0.1, -0.05) is 192 Å². The molecule has 0 nitrogen and oxygen atoms in total. The monoisotopic (exact) mass is 469 g/mol. The second-order valence-corrected chi connectivity index (χ2v) is 11.0. The highest BCUT2D eigenvalue weighted by Crippen LogP contribution is 2.16. The highest BCUT2D eigenvalue weighted by molar-refractivity contribution is 5.12. The summed E-state index contributed by atoms with van der Waals surface area (Å²) in [4.78, 5) is 0. The van der Waals surface area contributed by atoms with Crippen LogP contribution < -0.4 is 0 Å². The van der Waals surface area contributed by atoms with Crippen LogP contribution in [0.4, 0.5) is 0 Å². The molecule has 0 saturated carbocycles. The van der Waals surface area contributed by atoms with Crippen LogP contribution in [-0.4, -0.2) is 0 Å². The molecular weight excluding hydrogens is 408 g/mol. The third-order valence-electron chi connectivity index (χ3n) is 7.57. The zero-order valence-corrected chi connectivity index (χ0v) is 23.4. The molecule has 0 aromatic heterocycles. The summed E-state index contributed by atoms with van der Waals surface area (Å²) < 4.78 is 0. The van der Waals surface area contributed by atoms with E-state index in [0.29, 0.717) is 0 Å². The highest BCUT2D eigenvalue weighted by Gasteiger charge is 1.97. The van der Waals surface area contributed by atoms with Crippen molar-refractivity contribution < 1.29 is 0 Å². The van der Waals surface area contributed by atoms with Crippen molar-refractivity contribution in [3.8, 4) is 0 Å². The Bertz CT molecular complexity index is 476. The minimum absolute atomic E-state index is 1.21. The maximum absolute atomic E-state index is 3.34. The van der Waals surface area contributed by atoms with Crippen molar-refractivity contribution in [3.05, 3.63) is 35.9 Å². The Balaban J connectivity index is 1.64. The molecule has 0 unspecified atom stereocenters. The average Bonchev–Trinajstić information content (AvgIpc) is 2.87. The van der Waals surface area contributed by atoms with Gasteiger partial charge in [0.2, 0.25) is 0 Å². The molecule has 0 aliphatic rings. The number of rotatable bonds is 27. The lowest BCUT2D eigenvalue weighted by Crippen LogP contribution is -1.86. The number of hydrogen-bond donors (Lipinski definition) is 0. The molecule has 0 heteroatoms. The van der Waals surface area contributed by atoms with Crippen LogP contribution >= 0.6 is 0 Å². The summed E-state index contributed by atoms with van der Waals surface area (Å²) in [5.41, 5.74) is 1.38. The van der Waals surface area contributed by atoms with Crippen LogP contribution in [0.2, 0.25) is 0 Å². The molecule has 0 spiro atoms. The molecule has 0 saturated heterocycles. The van der Waals surface area contributed by atoms with Gasteiger partial charge in [0.1, 0.15) is 0 Å². The van der Waals surface area contributed by atoms with E-state index in [2.05, 4.69) is 31.2 Å². The second-order valence-electron chi connectivity index (χ2n) is 11.0. The molecule has 1 aromatic rings. The largest absolute Gasteiger partial charge is 0.0654 e. The molecule has 1 rings (SSSR count). The van der Waals surface area contributed by atoms with E-state index < -0.39 is 0 Å². The SMILES string of the molecule is CCCCCCCCCCCCCCCCCCCCCCCCCCCCc1[c]cccc1. The van der Waals surface area contributed by atoms with Crippen molar-refractivity contribution >= 4 is 0 Å². The summed E-state index contributed by atoms with van der Waals surface area (Å²) in [7, 11) is 0. The van der Waals surface area contributed by atoms with Crippen molar-refractivity contribution in [3.63, 3.8) is 0 Å². The standard InChI is InChI=1S/C34H61/c1-2-3-4-5-6-7-8-9-10-11-12-13-14-15-16-17-18-19-20-21-22-23-24-25-26-28-31-34-32-29-27-30-33-34/h27,29-30,32H,2-26,28,31H2,1H3. The first-order valence-corrected chi connectivity index (χ1v) is 15.9. The Labute approximate surface area is 216 Å². The number of aryl methyl sites for hydroxylation is 1. The van der Waals surface area contributed by atoms with Crippen molar-refractivity contribution in [1.29, 1.82) is 0 Å². The highest BCUT2D eigenvalue weighted by atomic mass is 14.0. The van der Waals surface area contributed by atoms with Gasteiger partial charge in [-0.25, -0.2) is 0 Å². The van der Waals surface area contributed by atoms with E-state index in [0.717, 1.165) is 0 Å². The summed E-state index contributed by atoms with van der Waals surface area (Å²) in [5, 5.41) is 0. The molecule has 0 fully saturated rings. The molecule has 0 amide bonds. The van der Waals surface area contributed by atoms with E-state index in [-0.39, 0.29) is 0 Å². The van der Waals surface area contributed by atoms with Gasteiger partial charge in [-0.3, -0.25) is 0 Å². The maximum Gasteiger partial charge on any atom is -0.0149 e. The van der Waals surface area contributed by atoms with Gasteiger partial charge in [0.05, 0.1) is 0 Å². The molecule has 34 heavy (non-hydrogen) atoms. The van der Waals surface area contributed by atoms with E-state index in [1.807, 2.05) is 6.07 Å². The van der Waals surface area contributed by atoms with Gasteiger partial charge in [-0.15, -0.1) is 0 Å². The lowest BCUT2D eigenvalue weighted by molar-refractivity contribution is 0.515. The van der Waals surface area contributed by atoms with E-state index in [1.165, 1.54) is 179 Å². The number of hydrogen-bond acceptors (Lipinski definition) is 0. The van der Waals surface area contributed by atoms with Gasteiger partial charge in [-0.05, 0) is 24.5 Å². The first kappa shape index (κ1) is 31.3. The van der Waals surface area contributed by atoms with Crippen LogP contribution in [0.25, 0.3) is 0 Å². The Hall–Kier alpha value is -0.780. The number of unbranched alkanes of at least 4 members (excludes halogenated alkanes) is 25. The smallest absolute Gasteiger partial charge is 0.0149 e. The van der Waals surface area contributed by atoms with Crippen LogP contribution in [0.15, 0.2) is 24.3 Å². The zero-order chi connectivity index (χ0) is 24.2. The Kier molecular flexibility index (Phi) is 24.6. The zero-order valence-electron chi connectivity index (χ0n) is 23.4. The summed E-state index contributed by atoms with van der Waals surface area (Å²) in [6.07, 6.45) is 39.2. The van der Waals surface area contributed by atoms with Crippen LogP contribution in [0.3, 0.4) is 0 Å². The van der Waals surface area contributed by atoms with E-state index in [9.17, 15) is 0 Å². The fourth-order valence-electron chi connectivity index (χ4n) is 5.22. The van der Waals surface area contributed by atoms with E-state index in [4.69, 9.17) is 0 Å². The van der Waals surface area contributed by atoms with E-state index in [1.54, 1.807) is 0 Å². The first-order valence-electron chi connectivity index (χ1n) is 15.9. The predicted octanol–water partition coefficient (Wildman–Crippen LogP) is 12.2. The first-order chi connectivity index (χ1) is 16.9. The van der Waals surface area contributed by atoms with Gasteiger partial charge in [0, 0.05) is 0 Å². The summed E-state index contributed by atoms with van der Waals surface area (Å²) >= 11 is 0. The van der Waals surface area contributed by atoms with Gasteiger partial charge in [-0.2, -0.15) is 0 Å². The van der Waals surface area contributed by atoms with Gasteiger partial charge < -0.3 is 0 Å². The van der Waals surface area contributed by atoms with Crippen LogP contribution in [0.1, 0.15) is 179 Å². The van der Waals surface area contributed by atoms with Crippen LogP contribution in [0, 0.1) is 6.07 Å². The average molecular weight is 470 g/mol. The minimum atomic E-state index is 1.21. The molecule has 0 N–H and O–H groups in total. The normalized spacial score (nSPS) is 11.3. The fraction of sp³-hybridized carbons (Fsp3) is 0.824. The van der Waals surface area contributed by atoms with Gasteiger partial charge in [0.15, 0.2) is 0 Å². The molecule has 0 aliphatic carbocycles. The molecular formula is C34H61. The Morgan fingerprint density at radius 1 is 0.412 bits per heavy atom.